The second-order valence-electron chi connectivity index (χ2n) is 10.5. The first-order chi connectivity index (χ1) is 16.6. The standard InChI is InChI=1S/C29H31N3O3/c1-17-15-20-21(29(5,6)18(2)28(20,3)4)16-24(17)35-26-14-12-23(34-26)27(33)32-31-25-13-11-19-9-7-8-10-22(19)30-25/h7-16,18H,1-6H3,(H,30,31)(H,32,33). The Labute approximate surface area is 205 Å². The van der Waals surface area contributed by atoms with Crippen LogP contribution in [0.1, 0.15) is 61.9 Å². The lowest BCUT2D eigenvalue weighted by Crippen LogP contribution is -2.30. The molecule has 1 unspecified atom stereocenters. The van der Waals surface area contributed by atoms with E-state index in [9.17, 15) is 4.79 Å². The summed E-state index contributed by atoms with van der Waals surface area (Å²) < 4.78 is 11.8. The van der Waals surface area contributed by atoms with Gasteiger partial charge in [-0.1, -0.05) is 58.9 Å². The quantitative estimate of drug-likeness (QED) is 0.311. The number of hydrazine groups is 1. The van der Waals surface area contributed by atoms with Crippen molar-refractivity contribution in [2.45, 2.75) is 52.4 Å². The zero-order chi connectivity index (χ0) is 25.0. The molecule has 0 saturated carbocycles. The van der Waals surface area contributed by atoms with E-state index in [1.165, 1.54) is 11.1 Å². The number of nitrogens with one attached hydrogen (secondary N) is 2. The number of pyridine rings is 1. The number of ether oxygens (including phenoxy) is 1. The van der Waals surface area contributed by atoms with E-state index in [0.717, 1.165) is 22.2 Å². The molecular weight excluding hydrogens is 438 g/mol. The summed E-state index contributed by atoms with van der Waals surface area (Å²) in [7, 11) is 0. The van der Waals surface area contributed by atoms with Crippen LogP contribution >= 0.6 is 0 Å². The fourth-order valence-corrected chi connectivity index (χ4v) is 5.16. The van der Waals surface area contributed by atoms with Gasteiger partial charge in [-0.3, -0.25) is 15.6 Å². The fraction of sp³-hybridized carbons (Fsp3) is 0.310. The van der Waals surface area contributed by atoms with Crippen molar-refractivity contribution in [1.29, 1.82) is 0 Å². The zero-order valence-electron chi connectivity index (χ0n) is 21.0. The van der Waals surface area contributed by atoms with E-state index in [1.807, 2.05) is 37.3 Å². The third-order valence-corrected chi connectivity index (χ3v) is 7.79. The minimum atomic E-state index is -0.419. The van der Waals surface area contributed by atoms with E-state index in [0.29, 0.717) is 11.7 Å². The lowest BCUT2D eigenvalue weighted by Gasteiger charge is -2.32. The van der Waals surface area contributed by atoms with E-state index < -0.39 is 5.91 Å². The maximum absolute atomic E-state index is 12.6. The number of aromatic nitrogens is 1. The van der Waals surface area contributed by atoms with Gasteiger partial charge in [-0.25, -0.2) is 4.98 Å². The van der Waals surface area contributed by atoms with Crippen LogP contribution in [-0.4, -0.2) is 10.9 Å². The molecule has 6 nitrogen and oxygen atoms in total. The molecule has 2 heterocycles. The molecule has 5 rings (SSSR count). The van der Waals surface area contributed by atoms with Crippen LogP contribution in [0.5, 0.6) is 11.7 Å². The highest BCUT2D eigenvalue weighted by Gasteiger charge is 2.48. The lowest BCUT2D eigenvalue weighted by molar-refractivity contribution is 0.0930. The minimum Gasteiger partial charge on any atom is -0.426 e. The van der Waals surface area contributed by atoms with Crippen LogP contribution in [0.4, 0.5) is 5.82 Å². The molecule has 1 aliphatic carbocycles. The monoisotopic (exact) mass is 469 g/mol. The van der Waals surface area contributed by atoms with Gasteiger partial charge in [0, 0.05) is 11.5 Å². The van der Waals surface area contributed by atoms with Gasteiger partial charge in [-0.15, -0.1) is 0 Å². The Bertz CT molecular complexity index is 1430. The minimum absolute atomic E-state index is 0.0291. The van der Waals surface area contributed by atoms with E-state index in [4.69, 9.17) is 9.15 Å². The van der Waals surface area contributed by atoms with Crippen LogP contribution in [0.3, 0.4) is 0 Å². The Hall–Kier alpha value is -3.80. The lowest BCUT2D eigenvalue weighted by atomic mass is 9.71. The molecule has 1 aliphatic rings. The number of anilines is 1. The molecule has 2 aromatic heterocycles. The molecule has 1 atom stereocenters. The number of carbonyl (C=O) groups is 1. The third-order valence-electron chi connectivity index (χ3n) is 7.79. The molecule has 0 bridgehead atoms. The third kappa shape index (κ3) is 3.93. The summed E-state index contributed by atoms with van der Waals surface area (Å²) in [6, 6.07) is 19.2. The number of para-hydroxylation sites is 1. The van der Waals surface area contributed by atoms with Gasteiger partial charge in [0.05, 0.1) is 5.52 Å². The molecule has 0 aliphatic heterocycles. The number of hydrogen-bond acceptors (Lipinski definition) is 5. The Morgan fingerprint density at radius 1 is 0.971 bits per heavy atom. The Morgan fingerprint density at radius 2 is 1.69 bits per heavy atom. The van der Waals surface area contributed by atoms with Gasteiger partial charge in [-0.2, -0.15) is 0 Å². The van der Waals surface area contributed by atoms with Gasteiger partial charge in [-0.05, 0) is 70.7 Å². The first kappa shape index (κ1) is 23.0. The van der Waals surface area contributed by atoms with Crippen LogP contribution in [0.25, 0.3) is 10.9 Å². The van der Waals surface area contributed by atoms with Crippen LogP contribution in [0.2, 0.25) is 0 Å². The highest BCUT2D eigenvalue weighted by atomic mass is 16.6. The zero-order valence-corrected chi connectivity index (χ0v) is 21.0. The first-order valence-corrected chi connectivity index (χ1v) is 11.9. The Balaban J connectivity index is 1.30. The molecule has 0 saturated heterocycles. The van der Waals surface area contributed by atoms with Crippen molar-refractivity contribution in [2.75, 3.05) is 5.43 Å². The molecule has 2 aromatic carbocycles. The summed E-state index contributed by atoms with van der Waals surface area (Å²) in [6.45, 7) is 13.6. The van der Waals surface area contributed by atoms with Crippen molar-refractivity contribution < 1.29 is 13.9 Å². The summed E-state index contributed by atoms with van der Waals surface area (Å²) >= 11 is 0. The summed E-state index contributed by atoms with van der Waals surface area (Å²) in [4.78, 5) is 17.1. The average molecular weight is 470 g/mol. The van der Waals surface area contributed by atoms with Gasteiger partial charge >= 0.3 is 5.91 Å². The SMILES string of the molecule is Cc1cc2c(cc1Oc1ccc(C(=O)NNc3ccc4ccccc4n3)o1)C(C)(C)C(C)C2(C)C. The summed E-state index contributed by atoms with van der Waals surface area (Å²) in [5.41, 5.74) is 10.1. The number of fused-ring (bicyclic) bond motifs is 2. The Kier molecular flexibility index (Phi) is 5.35. The molecule has 6 heteroatoms. The van der Waals surface area contributed by atoms with Crippen LogP contribution in [0, 0.1) is 12.8 Å². The summed E-state index contributed by atoms with van der Waals surface area (Å²) in [5, 5.41) is 1.03. The van der Waals surface area contributed by atoms with Gasteiger partial charge in [0.25, 0.3) is 5.95 Å². The van der Waals surface area contributed by atoms with Gasteiger partial charge in [0.15, 0.2) is 5.76 Å². The predicted molar refractivity (Wildman–Crippen MR) is 138 cm³/mol. The van der Waals surface area contributed by atoms with E-state index in [2.05, 4.69) is 62.6 Å². The van der Waals surface area contributed by atoms with Crippen molar-refractivity contribution in [3.8, 4) is 11.7 Å². The van der Waals surface area contributed by atoms with Crippen molar-refractivity contribution in [1.82, 2.24) is 10.4 Å². The largest absolute Gasteiger partial charge is 0.426 e. The molecular formula is C29H31N3O3. The smallest absolute Gasteiger partial charge is 0.305 e. The van der Waals surface area contributed by atoms with Crippen LogP contribution < -0.4 is 15.6 Å². The number of hydrogen-bond donors (Lipinski definition) is 2. The van der Waals surface area contributed by atoms with E-state index >= 15 is 0 Å². The van der Waals surface area contributed by atoms with Gasteiger partial charge < -0.3 is 9.15 Å². The maximum Gasteiger partial charge on any atom is 0.305 e. The summed E-state index contributed by atoms with van der Waals surface area (Å²) in [5.74, 6) is 1.75. The van der Waals surface area contributed by atoms with Gasteiger partial charge in [0.2, 0.25) is 0 Å². The number of nitrogens with zero attached hydrogens (tertiary/aromatic N) is 1. The highest BCUT2D eigenvalue weighted by Crippen LogP contribution is 2.55. The molecule has 2 N–H and O–H groups in total. The molecule has 180 valence electrons. The molecule has 1 amide bonds. The van der Waals surface area contributed by atoms with Crippen LogP contribution in [0.15, 0.2) is 65.1 Å². The average Bonchev–Trinajstić information content (AvgIpc) is 3.35. The number of benzene rings is 2. The van der Waals surface area contributed by atoms with E-state index in [1.54, 1.807) is 18.2 Å². The maximum atomic E-state index is 12.6. The second kappa shape index (κ2) is 8.15. The topological polar surface area (TPSA) is 76.4 Å². The number of aryl methyl sites for hydroxylation is 1. The van der Waals surface area contributed by atoms with Crippen molar-refractivity contribution in [3.05, 3.63) is 83.1 Å². The molecule has 4 aromatic rings. The number of carbonyl (C=O) groups excluding carboxylic acids is 1. The predicted octanol–water partition coefficient (Wildman–Crippen LogP) is 6.89. The molecule has 0 fully saturated rings. The number of furan rings is 1. The summed E-state index contributed by atoms with van der Waals surface area (Å²) in [6.07, 6.45) is 0. The normalized spacial score (nSPS) is 17.7. The van der Waals surface area contributed by atoms with Gasteiger partial charge in [0.1, 0.15) is 11.6 Å². The van der Waals surface area contributed by atoms with E-state index in [-0.39, 0.29) is 22.5 Å². The second-order valence-corrected chi connectivity index (χ2v) is 10.5. The fourth-order valence-electron chi connectivity index (χ4n) is 5.16. The van der Waals surface area contributed by atoms with Crippen molar-refractivity contribution in [2.24, 2.45) is 5.92 Å². The molecule has 35 heavy (non-hydrogen) atoms. The molecule has 0 radical (unpaired) electrons. The van der Waals surface area contributed by atoms with Crippen LogP contribution in [-0.2, 0) is 10.8 Å². The first-order valence-electron chi connectivity index (χ1n) is 11.9. The number of amides is 1. The Morgan fingerprint density at radius 3 is 2.46 bits per heavy atom. The van der Waals surface area contributed by atoms with Crippen molar-refractivity contribution in [3.63, 3.8) is 0 Å². The molecule has 0 spiro atoms. The number of rotatable bonds is 5. The van der Waals surface area contributed by atoms with Crippen molar-refractivity contribution >= 4 is 22.6 Å². The highest BCUT2D eigenvalue weighted by molar-refractivity contribution is 5.92.